The van der Waals surface area contributed by atoms with Gasteiger partial charge in [0.2, 0.25) is 5.95 Å². The second kappa shape index (κ2) is 8.10. The van der Waals surface area contributed by atoms with E-state index in [1.807, 2.05) is 11.8 Å². The van der Waals surface area contributed by atoms with Crippen LogP contribution >= 0.6 is 0 Å². The van der Waals surface area contributed by atoms with Gasteiger partial charge in [-0.05, 0) is 38.3 Å². The molecule has 25 heavy (non-hydrogen) atoms. The van der Waals surface area contributed by atoms with Crippen molar-refractivity contribution in [2.24, 2.45) is 0 Å². The van der Waals surface area contributed by atoms with E-state index in [1.165, 1.54) is 18.4 Å². The Balaban J connectivity index is 1.71. The Morgan fingerprint density at radius 2 is 1.72 bits per heavy atom. The van der Waals surface area contributed by atoms with Crippen molar-refractivity contribution in [1.29, 1.82) is 0 Å². The molecule has 132 valence electrons. The van der Waals surface area contributed by atoms with Gasteiger partial charge in [-0.1, -0.05) is 42.7 Å². The van der Waals surface area contributed by atoms with Crippen LogP contribution in [-0.2, 0) is 6.54 Å². The zero-order chi connectivity index (χ0) is 17.6. The van der Waals surface area contributed by atoms with Crippen LogP contribution in [0, 0.1) is 13.8 Å². The van der Waals surface area contributed by atoms with Crippen LogP contribution in [0.1, 0.15) is 53.0 Å². The number of carbonyl (C=O) groups is 1. The number of likely N-dealkylation sites (tertiary alicyclic amines) is 1. The largest absolute Gasteiger partial charge is 0.350 e. The molecule has 0 saturated carbocycles. The third kappa shape index (κ3) is 4.78. The highest BCUT2D eigenvalue weighted by Crippen LogP contribution is 2.14. The van der Waals surface area contributed by atoms with Gasteiger partial charge in [-0.2, -0.15) is 0 Å². The fourth-order valence-corrected chi connectivity index (χ4v) is 3.08. The number of carbonyl (C=O) groups excluding carboxylic acids is 1. The molecule has 0 radical (unpaired) electrons. The molecule has 1 aromatic carbocycles. The molecule has 5 nitrogen and oxygen atoms in total. The lowest BCUT2D eigenvalue weighted by molar-refractivity contribution is 0.0755. The molecule has 0 unspecified atom stereocenters. The van der Waals surface area contributed by atoms with E-state index in [9.17, 15) is 4.79 Å². The average molecular weight is 338 g/mol. The zero-order valence-electron chi connectivity index (χ0n) is 15.1. The van der Waals surface area contributed by atoms with E-state index in [4.69, 9.17) is 0 Å². The number of hydrogen-bond acceptors (Lipinski definition) is 4. The summed E-state index contributed by atoms with van der Waals surface area (Å²) < 4.78 is 0. The van der Waals surface area contributed by atoms with Crippen molar-refractivity contribution in [1.82, 2.24) is 14.9 Å². The maximum atomic E-state index is 12.8. The van der Waals surface area contributed by atoms with E-state index < -0.39 is 0 Å². The predicted molar refractivity (Wildman–Crippen MR) is 99.6 cm³/mol. The first-order chi connectivity index (χ1) is 12.1. The van der Waals surface area contributed by atoms with Crippen LogP contribution in [-0.4, -0.2) is 33.9 Å². The second-order valence-corrected chi connectivity index (χ2v) is 6.76. The Hall–Kier alpha value is -2.43. The zero-order valence-corrected chi connectivity index (χ0v) is 15.1. The second-order valence-electron chi connectivity index (χ2n) is 6.76. The molecule has 1 amide bonds. The minimum Gasteiger partial charge on any atom is -0.350 e. The maximum absolute atomic E-state index is 12.8. The Labute approximate surface area is 149 Å². The van der Waals surface area contributed by atoms with Gasteiger partial charge in [-0.3, -0.25) is 4.79 Å². The minimum absolute atomic E-state index is 0.0192. The van der Waals surface area contributed by atoms with Crippen LogP contribution in [0.5, 0.6) is 0 Å². The Bertz CT molecular complexity index is 719. The average Bonchev–Trinajstić information content (AvgIpc) is 2.89. The number of benzene rings is 1. The van der Waals surface area contributed by atoms with Crippen molar-refractivity contribution < 1.29 is 4.79 Å². The summed E-state index contributed by atoms with van der Waals surface area (Å²) in [4.78, 5) is 23.6. The smallest absolute Gasteiger partial charge is 0.272 e. The fourth-order valence-electron chi connectivity index (χ4n) is 3.08. The van der Waals surface area contributed by atoms with E-state index in [2.05, 4.69) is 46.5 Å². The summed E-state index contributed by atoms with van der Waals surface area (Å²) in [5, 5.41) is 3.24. The van der Waals surface area contributed by atoms with Gasteiger partial charge in [-0.15, -0.1) is 0 Å². The van der Waals surface area contributed by atoms with Gasteiger partial charge in [0.05, 0.1) is 0 Å². The monoisotopic (exact) mass is 338 g/mol. The van der Waals surface area contributed by atoms with E-state index in [1.54, 1.807) is 6.07 Å². The molecule has 2 aromatic rings. The third-order valence-corrected chi connectivity index (χ3v) is 4.54. The van der Waals surface area contributed by atoms with Crippen molar-refractivity contribution in [2.75, 3.05) is 18.4 Å². The van der Waals surface area contributed by atoms with E-state index >= 15 is 0 Å². The number of aromatic nitrogens is 2. The molecule has 0 aliphatic carbocycles. The summed E-state index contributed by atoms with van der Waals surface area (Å²) in [5.41, 5.74) is 3.69. The van der Waals surface area contributed by atoms with Crippen LogP contribution in [0.3, 0.4) is 0 Å². The molecule has 0 spiro atoms. The summed E-state index contributed by atoms with van der Waals surface area (Å²) in [6.45, 7) is 6.27. The number of rotatable bonds is 4. The quantitative estimate of drug-likeness (QED) is 0.923. The molecule has 1 aliphatic heterocycles. The van der Waals surface area contributed by atoms with Crippen molar-refractivity contribution in [3.8, 4) is 0 Å². The summed E-state index contributed by atoms with van der Waals surface area (Å²) in [7, 11) is 0. The lowest BCUT2D eigenvalue weighted by atomic mass is 10.1. The molecule has 2 heterocycles. The number of aryl methyl sites for hydroxylation is 2. The summed E-state index contributed by atoms with van der Waals surface area (Å²) in [5.74, 6) is 0.532. The molecule has 1 aliphatic rings. The van der Waals surface area contributed by atoms with E-state index in [0.29, 0.717) is 18.2 Å². The van der Waals surface area contributed by atoms with Crippen LogP contribution in [0.25, 0.3) is 0 Å². The van der Waals surface area contributed by atoms with Crippen molar-refractivity contribution >= 4 is 11.9 Å². The SMILES string of the molecule is Cc1ccc(CNc2nc(C)cc(C(=O)N3CCCCCC3)n2)cc1. The van der Waals surface area contributed by atoms with Gasteiger partial charge in [0.1, 0.15) is 5.69 Å². The van der Waals surface area contributed by atoms with E-state index in [0.717, 1.165) is 37.2 Å². The van der Waals surface area contributed by atoms with Crippen LogP contribution in [0.2, 0.25) is 0 Å². The van der Waals surface area contributed by atoms with Crippen molar-refractivity contribution in [3.63, 3.8) is 0 Å². The first kappa shape index (κ1) is 17.4. The van der Waals surface area contributed by atoms with E-state index in [-0.39, 0.29) is 5.91 Å². The van der Waals surface area contributed by atoms with Gasteiger partial charge in [0.25, 0.3) is 5.91 Å². The standard InChI is InChI=1S/C20H26N4O/c1-15-7-9-17(10-8-15)14-21-20-22-16(2)13-18(23-20)19(25)24-11-5-3-4-6-12-24/h7-10,13H,3-6,11-12,14H2,1-2H3,(H,21,22,23). The molecular weight excluding hydrogens is 312 g/mol. The molecule has 5 heteroatoms. The summed E-state index contributed by atoms with van der Waals surface area (Å²) in [6.07, 6.45) is 4.56. The summed E-state index contributed by atoms with van der Waals surface area (Å²) in [6, 6.07) is 10.1. The van der Waals surface area contributed by atoms with Crippen LogP contribution in [0.4, 0.5) is 5.95 Å². The molecule has 1 saturated heterocycles. The molecule has 1 aromatic heterocycles. The van der Waals surface area contributed by atoms with Gasteiger partial charge >= 0.3 is 0 Å². The third-order valence-electron chi connectivity index (χ3n) is 4.54. The Kier molecular flexibility index (Phi) is 5.64. The normalized spacial score (nSPS) is 14.9. The number of hydrogen-bond donors (Lipinski definition) is 1. The molecule has 0 bridgehead atoms. The molecular formula is C20H26N4O. The molecule has 1 N–H and O–H groups in total. The van der Waals surface area contributed by atoms with Gasteiger partial charge in [-0.25, -0.2) is 9.97 Å². The fraction of sp³-hybridized carbons (Fsp3) is 0.450. The number of nitrogens with one attached hydrogen (secondary N) is 1. The first-order valence-electron chi connectivity index (χ1n) is 9.06. The van der Waals surface area contributed by atoms with Gasteiger partial charge < -0.3 is 10.2 Å². The Morgan fingerprint density at radius 1 is 1.04 bits per heavy atom. The highest BCUT2D eigenvalue weighted by atomic mass is 16.2. The molecule has 3 rings (SSSR count). The lowest BCUT2D eigenvalue weighted by Crippen LogP contribution is -2.32. The summed E-state index contributed by atoms with van der Waals surface area (Å²) >= 11 is 0. The predicted octanol–water partition coefficient (Wildman–Crippen LogP) is 3.72. The number of nitrogens with zero attached hydrogens (tertiary/aromatic N) is 3. The number of amides is 1. The van der Waals surface area contributed by atoms with Crippen molar-refractivity contribution in [3.05, 3.63) is 52.8 Å². The first-order valence-corrected chi connectivity index (χ1v) is 9.06. The Morgan fingerprint density at radius 3 is 2.40 bits per heavy atom. The lowest BCUT2D eigenvalue weighted by Gasteiger charge is -2.20. The van der Waals surface area contributed by atoms with Crippen molar-refractivity contribution in [2.45, 2.75) is 46.1 Å². The highest BCUT2D eigenvalue weighted by Gasteiger charge is 2.19. The van der Waals surface area contributed by atoms with Gasteiger partial charge in [0, 0.05) is 25.3 Å². The minimum atomic E-state index is 0.0192. The maximum Gasteiger partial charge on any atom is 0.272 e. The number of anilines is 1. The van der Waals surface area contributed by atoms with Crippen LogP contribution < -0.4 is 5.32 Å². The van der Waals surface area contributed by atoms with Gasteiger partial charge in [0.15, 0.2) is 0 Å². The highest BCUT2D eigenvalue weighted by molar-refractivity contribution is 5.92. The van der Waals surface area contributed by atoms with Crippen LogP contribution in [0.15, 0.2) is 30.3 Å². The molecule has 0 atom stereocenters. The molecule has 1 fully saturated rings. The topological polar surface area (TPSA) is 58.1 Å².